The number of hydrogen-bond acceptors (Lipinski definition) is 2. The molecule has 0 unspecified atom stereocenters. The van der Waals surface area contributed by atoms with Crippen LogP contribution in [0.1, 0.15) is 38.5 Å². The molecule has 0 aromatic carbocycles. The van der Waals surface area contributed by atoms with Gasteiger partial charge in [0.2, 0.25) is 0 Å². The molecular weight excluding hydrogens is 319 g/mol. The Morgan fingerprint density at radius 1 is 0.591 bits per heavy atom. The molecule has 22 heavy (non-hydrogen) atoms. The summed E-state index contributed by atoms with van der Waals surface area (Å²) in [6, 6.07) is 3.63. The number of nitrogens with one attached hydrogen (secondary N) is 2. The third kappa shape index (κ3) is 1.65. The van der Waals surface area contributed by atoms with Crippen molar-refractivity contribution in [2.75, 3.05) is 26.2 Å². The summed E-state index contributed by atoms with van der Waals surface area (Å²) in [4.78, 5) is 0. The highest BCUT2D eigenvalue weighted by Crippen LogP contribution is 2.58. The van der Waals surface area contributed by atoms with Crippen molar-refractivity contribution in [1.29, 1.82) is 0 Å². The zero-order valence-electron chi connectivity index (χ0n) is 13.2. The Morgan fingerprint density at radius 2 is 1.00 bits per heavy atom. The number of quaternary nitrogens is 2. The quantitative estimate of drug-likeness (QED) is 0.428. The van der Waals surface area contributed by atoms with Gasteiger partial charge >= 0.3 is 0 Å². The lowest BCUT2D eigenvalue weighted by atomic mass is 9.93. The molecular formula is C16H28Cl2N4. The first-order chi connectivity index (χ1) is 9.81. The topological polar surface area (TPSA) is 24.1 Å². The van der Waals surface area contributed by atoms with E-state index in [0.717, 1.165) is 36.0 Å². The van der Waals surface area contributed by atoms with E-state index >= 15 is 0 Å². The minimum atomic E-state index is 0. The minimum Gasteiger partial charge on any atom is -1.00 e. The van der Waals surface area contributed by atoms with Crippen LogP contribution in [0, 0.1) is 11.8 Å². The van der Waals surface area contributed by atoms with Crippen LogP contribution in [0.3, 0.4) is 0 Å². The molecule has 126 valence electrons. The molecule has 4 saturated heterocycles. The average molecular weight is 347 g/mol. The van der Waals surface area contributed by atoms with E-state index < -0.39 is 0 Å². The van der Waals surface area contributed by atoms with E-state index in [1.165, 1.54) is 73.9 Å². The lowest BCUT2D eigenvalue weighted by Gasteiger charge is -2.39. The van der Waals surface area contributed by atoms with Crippen LogP contribution >= 0.6 is 0 Å². The van der Waals surface area contributed by atoms with Crippen LogP contribution in [0.2, 0.25) is 0 Å². The number of halogens is 2. The van der Waals surface area contributed by atoms with Crippen LogP contribution in [-0.2, 0) is 0 Å². The summed E-state index contributed by atoms with van der Waals surface area (Å²) in [5, 5.41) is 0. The molecule has 4 nitrogen and oxygen atoms in total. The van der Waals surface area contributed by atoms with Crippen molar-refractivity contribution >= 4 is 0 Å². The third-order valence-corrected chi connectivity index (χ3v) is 8.10. The second-order valence-corrected chi connectivity index (χ2v) is 8.61. The van der Waals surface area contributed by atoms with Crippen molar-refractivity contribution in [3.8, 4) is 0 Å². The molecule has 6 aliphatic rings. The van der Waals surface area contributed by atoms with E-state index in [1.54, 1.807) is 0 Å². The highest BCUT2D eigenvalue weighted by Gasteiger charge is 2.75. The molecule has 6 rings (SSSR count). The van der Waals surface area contributed by atoms with Crippen LogP contribution in [0.5, 0.6) is 0 Å². The molecule has 0 aromatic rings. The first-order valence-corrected chi connectivity index (χ1v) is 9.11. The van der Waals surface area contributed by atoms with Crippen LogP contribution < -0.4 is 35.7 Å². The summed E-state index contributed by atoms with van der Waals surface area (Å²) in [6.07, 6.45) is 8.77. The summed E-state index contributed by atoms with van der Waals surface area (Å²) in [7, 11) is 0. The highest BCUT2D eigenvalue weighted by atomic mass is 35.5. The predicted octanol–water partition coefficient (Wildman–Crippen LogP) is -5.23. The van der Waals surface area contributed by atoms with Crippen molar-refractivity contribution in [3.63, 3.8) is 0 Å². The van der Waals surface area contributed by atoms with Crippen LogP contribution in [-0.4, -0.2) is 59.5 Å². The van der Waals surface area contributed by atoms with Gasteiger partial charge in [-0.2, -0.15) is 10.9 Å². The third-order valence-electron chi connectivity index (χ3n) is 8.10. The fourth-order valence-corrected chi connectivity index (χ4v) is 7.65. The number of rotatable bonds is 0. The van der Waals surface area contributed by atoms with Crippen LogP contribution in [0.25, 0.3) is 0 Å². The lowest BCUT2D eigenvalue weighted by molar-refractivity contribution is -0.988. The minimum absolute atomic E-state index is 0. The van der Waals surface area contributed by atoms with Gasteiger partial charge in [-0.1, -0.05) is 0 Å². The fraction of sp³-hybridized carbons (Fsp3) is 1.00. The highest BCUT2D eigenvalue weighted by molar-refractivity contribution is 5.13. The summed E-state index contributed by atoms with van der Waals surface area (Å²) >= 11 is 0. The van der Waals surface area contributed by atoms with E-state index in [9.17, 15) is 0 Å². The Morgan fingerprint density at radius 3 is 1.41 bits per heavy atom. The Bertz CT molecular complexity index is 421. The maximum atomic E-state index is 4.11. The van der Waals surface area contributed by atoms with Gasteiger partial charge in [-0.25, -0.2) is 9.18 Å². The van der Waals surface area contributed by atoms with Crippen molar-refractivity contribution < 1.29 is 34.0 Å². The van der Waals surface area contributed by atoms with E-state index in [0.29, 0.717) is 0 Å². The monoisotopic (exact) mass is 346 g/mol. The van der Waals surface area contributed by atoms with E-state index in [4.69, 9.17) is 0 Å². The molecule has 6 fully saturated rings. The van der Waals surface area contributed by atoms with Crippen molar-refractivity contribution in [3.05, 3.63) is 0 Å². The molecule has 2 saturated carbocycles. The van der Waals surface area contributed by atoms with Gasteiger partial charge in [-0.15, -0.1) is 0 Å². The van der Waals surface area contributed by atoms with Gasteiger partial charge in [0.25, 0.3) is 0 Å². The average Bonchev–Trinajstić information content (AvgIpc) is 3.19. The standard InChI is InChI=1S/C16H28N4.2ClH/c1-2-6-19(5-1)13-10-14-16-12(9-11(17-19)15(13)16)18-20(14)7-3-4-8-20;;/h11-18H,1-10H2;2*1H/q+2;;/p-2/t11-,12+,13+,14-,15+,16-;;. The van der Waals surface area contributed by atoms with Gasteiger partial charge in [0.05, 0.1) is 44.7 Å². The molecule has 4 heterocycles. The predicted molar refractivity (Wildman–Crippen MR) is 76.1 cm³/mol. The molecule has 6 atom stereocenters. The van der Waals surface area contributed by atoms with E-state index in [2.05, 4.69) is 10.9 Å². The molecule has 0 bridgehead atoms. The Balaban J connectivity index is 0.000000625. The molecule has 0 radical (unpaired) electrons. The number of nitrogens with zero attached hydrogens (tertiary/aromatic N) is 2. The van der Waals surface area contributed by atoms with Crippen LogP contribution in [0.15, 0.2) is 0 Å². The molecule has 2 spiro atoms. The number of fused-ring (bicyclic) bond motifs is 2. The normalized spacial score (nSPS) is 51.3. The van der Waals surface area contributed by atoms with Gasteiger partial charge in [-0.05, 0) is 6.42 Å². The van der Waals surface area contributed by atoms with Crippen LogP contribution in [0.4, 0.5) is 0 Å². The first-order valence-electron chi connectivity index (χ1n) is 9.11. The molecule has 0 amide bonds. The zero-order chi connectivity index (χ0) is 12.9. The molecule has 2 aliphatic carbocycles. The van der Waals surface area contributed by atoms with Crippen molar-refractivity contribution in [1.82, 2.24) is 10.9 Å². The van der Waals surface area contributed by atoms with Gasteiger partial charge in [-0.3, -0.25) is 0 Å². The molecule has 4 aliphatic heterocycles. The Labute approximate surface area is 145 Å². The van der Waals surface area contributed by atoms with Gasteiger partial charge in [0, 0.05) is 37.5 Å². The Kier molecular flexibility index (Phi) is 3.59. The fourth-order valence-electron chi connectivity index (χ4n) is 7.65. The second-order valence-electron chi connectivity index (χ2n) is 8.61. The van der Waals surface area contributed by atoms with Gasteiger partial charge in [0.15, 0.2) is 0 Å². The van der Waals surface area contributed by atoms with E-state index in [-0.39, 0.29) is 24.8 Å². The maximum absolute atomic E-state index is 4.11. The smallest absolute Gasteiger partial charge is 0.117 e. The molecule has 6 heteroatoms. The summed E-state index contributed by atoms with van der Waals surface area (Å²) in [6.45, 7) is 5.70. The van der Waals surface area contributed by atoms with E-state index in [1.807, 2.05) is 0 Å². The summed E-state index contributed by atoms with van der Waals surface area (Å²) in [5.41, 5.74) is 8.23. The van der Waals surface area contributed by atoms with Crippen molar-refractivity contribution in [2.45, 2.75) is 62.7 Å². The molecule has 0 aromatic heterocycles. The van der Waals surface area contributed by atoms with Gasteiger partial charge in [0.1, 0.15) is 12.1 Å². The zero-order valence-corrected chi connectivity index (χ0v) is 14.7. The SMILES string of the molecule is C1CC[N+]2(C1)N[C@H]1C[C@H]3N[N+]4(CCCC4)[C@H]4C[C@@H]2[C@@H]1[C@@H]34.[Cl-].[Cl-]. The summed E-state index contributed by atoms with van der Waals surface area (Å²) in [5.74, 6) is 2.02. The second kappa shape index (κ2) is 4.96. The first kappa shape index (κ1) is 15.9. The van der Waals surface area contributed by atoms with Crippen molar-refractivity contribution in [2.24, 2.45) is 11.8 Å². The summed E-state index contributed by atoms with van der Waals surface area (Å²) < 4.78 is 2.66. The largest absolute Gasteiger partial charge is 1.00 e. The lowest BCUT2D eigenvalue weighted by Crippen LogP contribution is -3.00. The Hall–Kier alpha value is 0.420. The molecule has 2 N–H and O–H groups in total. The maximum Gasteiger partial charge on any atom is 0.117 e. The number of hydrogen-bond donors (Lipinski definition) is 2. The van der Waals surface area contributed by atoms with Gasteiger partial charge < -0.3 is 24.8 Å².